The minimum atomic E-state index is -1.18. The standard InChI is InChI=1S/C63H99N9O14/c1-14-41(6)56(48(83-12)37-52(76)70-34-23-27-47(70)57(84-13)43(8)58(78)65-63(62(82)72-35-21-22-36-85-72)38-46(63)45-25-17-15-18-26-45)69(11)61(81)54(39(2)3)64-60(80)55(40(4)5)68(10)32-24-29-53(77)86-44(9)42(7)59(79)67-66-49(73)28-19-16-20-33-71-50(74)30-31-51(71)75/h15,17-18,25-26,30-31,39-44,46-48,54-57H,14,16,19-24,27-29,32-38H2,1-13H3,(H,64,80)(H,65,78)(H,66,73)(H,67,79)/t41-,42-,43+,44+,46+,47-,48+,54-,55-,56-,57+,63-/m0/s1. The molecule has 23 heteroatoms. The van der Waals surface area contributed by atoms with Crippen LogP contribution >= 0.6 is 0 Å². The summed E-state index contributed by atoms with van der Waals surface area (Å²) in [6.07, 6.45) is 6.16. The molecule has 0 radical (unpaired) electrons. The van der Waals surface area contributed by atoms with Crippen LogP contribution in [0.4, 0.5) is 0 Å². The number of nitrogens with one attached hydrogen (secondary N) is 4. The second-order valence-corrected chi connectivity index (χ2v) is 24.7. The van der Waals surface area contributed by atoms with Gasteiger partial charge in [-0.2, -0.15) is 0 Å². The van der Waals surface area contributed by atoms with Crippen LogP contribution in [-0.2, 0) is 67.0 Å². The Labute approximate surface area is 509 Å². The Morgan fingerprint density at radius 1 is 0.767 bits per heavy atom. The number of carbonyl (C=O) groups is 10. The molecular formula is C63H99N9O14. The topological polar surface area (TPSA) is 272 Å². The van der Waals surface area contributed by atoms with E-state index < -0.39 is 77.6 Å². The third kappa shape index (κ3) is 18.4. The van der Waals surface area contributed by atoms with Crippen molar-refractivity contribution in [3.05, 3.63) is 48.0 Å². The van der Waals surface area contributed by atoms with E-state index in [1.54, 1.807) is 44.7 Å². The fourth-order valence-corrected chi connectivity index (χ4v) is 12.3. The van der Waals surface area contributed by atoms with Crippen molar-refractivity contribution >= 4 is 59.1 Å². The molecule has 5 rings (SSSR count). The molecule has 4 aliphatic rings. The Balaban J connectivity index is 1.13. The van der Waals surface area contributed by atoms with Gasteiger partial charge >= 0.3 is 5.97 Å². The Morgan fingerprint density at radius 3 is 2.06 bits per heavy atom. The highest BCUT2D eigenvalue weighted by atomic mass is 16.7. The van der Waals surface area contributed by atoms with Crippen LogP contribution in [0.1, 0.15) is 157 Å². The lowest BCUT2D eigenvalue weighted by Gasteiger charge is -2.41. The van der Waals surface area contributed by atoms with Gasteiger partial charge in [-0.15, -0.1) is 0 Å². The van der Waals surface area contributed by atoms with Gasteiger partial charge in [0.25, 0.3) is 17.7 Å². The number of rotatable bonds is 33. The van der Waals surface area contributed by atoms with E-state index in [0.29, 0.717) is 77.6 Å². The first-order valence-corrected chi connectivity index (χ1v) is 31.1. The predicted octanol–water partition coefficient (Wildman–Crippen LogP) is 4.58. The van der Waals surface area contributed by atoms with Crippen molar-refractivity contribution in [3.8, 4) is 0 Å². The number of nitrogens with zero attached hydrogens (tertiary/aromatic N) is 5. The summed E-state index contributed by atoms with van der Waals surface area (Å²) in [5.41, 5.74) is 4.52. The van der Waals surface area contributed by atoms with Gasteiger partial charge in [-0.3, -0.25) is 73.4 Å². The molecule has 2 saturated heterocycles. The van der Waals surface area contributed by atoms with E-state index in [1.807, 2.05) is 76.8 Å². The Bertz CT molecular complexity index is 2510. The van der Waals surface area contributed by atoms with Crippen LogP contribution in [0.5, 0.6) is 0 Å². The number of carbonyl (C=O) groups excluding carboxylic acids is 10. The fourth-order valence-electron chi connectivity index (χ4n) is 12.3. The second kappa shape index (κ2) is 33.2. The van der Waals surface area contributed by atoms with Crippen LogP contribution in [0.15, 0.2) is 42.5 Å². The summed E-state index contributed by atoms with van der Waals surface area (Å²) in [6.45, 7) is 18.4. The van der Waals surface area contributed by atoms with Crippen molar-refractivity contribution < 1.29 is 67.0 Å². The van der Waals surface area contributed by atoms with Crippen molar-refractivity contribution in [2.24, 2.45) is 29.6 Å². The Hall–Kier alpha value is -6.30. The molecule has 4 N–H and O–H groups in total. The fraction of sp³-hybridized carbons (Fsp3) is 0.714. The zero-order valence-electron chi connectivity index (χ0n) is 53.2. The molecule has 0 unspecified atom stereocenters. The van der Waals surface area contributed by atoms with Gasteiger partial charge in [0.1, 0.15) is 17.7 Å². The number of ether oxygens (including phenoxy) is 3. The van der Waals surface area contributed by atoms with Crippen LogP contribution in [0.2, 0.25) is 0 Å². The van der Waals surface area contributed by atoms with Gasteiger partial charge in [-0.1, -0.05) is 91.6 Å². The van der Waals surface area contributed by atoms with Crippen LogP contribution < -0.4 is 21.5 Å². The summed E-state index contributed by atoms with van der Waals surface area (Å²) < 4.78 is 17.8. The number of amides is 9. The first-order chi connectivity index (χ1) is 40.8. The van der Waals surface area contributed by atoms with Crippen molar-refractivity contribution in [1.82, 2.24) is 46.1 Å². The number of benzene rings is 1. The van der Waals surface area contributed by atoms with Crippen molar-refractivity contribution in [2.75, 3.05) is 61.1 Å². The molecule has 12 atom stereocenters. The molecule has 0 bridgehead atoms. The molecule has 1 aromatic rings. The third-order valence-electron chi connectivity index (χ3n) is 17.8. The number of hydroxylamine groups is 2. The zero-order valence-corrected chi connectivity index (χ0v) is 53.2. The molecule has 1 saturated carbocycles. The Morgan fingerprint density at radius 2 is 1.45 bits per heavy atom. The molecule has 23 nitrogen and oxygen atoms in total. The molecule has 0 spiro atoms. The summed E-state index contributed by atoms with van der Waals surface area (Å²) in [6, 6.07) is 7.00. The summed E-state index contributed by atoms with van der Waals surface area (Å²) in [5, 5.41) is 7.61. The van der Waals surface area contributed by atoms with E-state index in [9.17, 15) is 47.9 Å². The maximum atomic E-state index is 14.8. The number of unbranched alkanes of at least 4 members (excludes halogenated alkanes) is 2. The quantitative estimate of drug-likeness (QED) is 0.0325. The number of hydrogen-bond donors (Lipinski definition) is 4. The van der Waals surface area contributed by atoms with Gasteiger partial charge < -0.3 is 34.6 Å². The predicted molar refractivity (Wildman–Crippen MR) is 320 cm³/mol. The smallest absolute Gasteiger partial charge is 0.306 e. The van der Waals surface area contributed by atoms with Crippen molar-refractivity contribution in [1.29, 1.82) is 0 Å². The van der Waals surface area contributed by atoms with Gasteiger partial charge in [-0.25, -0.2) is 5.06 Å². The van der Waals surface area contributed by atoms with E-state index >= 15 is 0 Å². The zero-order chi connectivity index (χ0) is 63.6. The van der Waals surface area contributed by atoms with Crippen LogP contribution in [0, 0.1) is 29.6 Å². The largest absolute Gasteiger partial charge is 0.462 e. The molecule has 86 heavy (non-hydrogen) atoms. The number of imide groups is 1. The molecule has 480 valence electrons. The van der Waals surface area contributed by atoms with Crippen LogP contribution in [-0.4, -0.2) is 193 Å². The molecule has 3 aliphatic heterocycles. The summed E-state index contributed by atoms with van der Waals surface area (Å²) in [7, 11) is 6.52. The average Bonchev–Trinajstić information content (AvgIpc) is 1.77. The highest BCUT2D eigenvalue weighted by molar-refractivity contribution is 6.12. The highest BCUT2D eigenvalue weighted by Gasteiger charge is 2.64. The number of hydrazine groups is 1. The molecule has 0 aromatic heterocycles. The maximum Gasteiger partial charge on any atom is 0.306 e. The van der Waals surface area contributed by atoms with E-state index in [4.69, 9.17) is 19.0 Å². The maximum absolute atomic E-state index is 14.8. The van der Waals surface area contributed by atoms with Gasteiger partial charge in [-0.05, 0) is 102 Å². The summed E-state index contributed by atoms with van der Waals surface area (Å²) in [5.74, 6) is -6.21. The number of methoxy groups -OCH3 is 2. The van der Waals surface area contributed by atoms with Gasteiger partial charge in [0.15, 0.2) is 0 Å². The normalized spacial score (nSPS) is 21.7. The summed E-state index contributed by atoms with van der Waals surface area (Å²) >= 11 is 0. The molecular weight excluding hydrogens is 1110 g/mol. The lowest BCUT2D eigenvalue weighted by Crippen LogP contribution is -2.60. The number of esters is 1. The monoisotopic (exact) mass is 1210 g/mol. The van der Waals surface area contributed by atoms with Gasteiger partial charge in [0.05, 0.1) is 55.2 Å². The molecule has 1 aromatic carbocycles. The lowest BCUT2D eigenvalue weighted by atomic mass is 9.89. The number of likely N-dealkylation sites (tertiary alicyclic amines) is 1. The molecule has 3 fully saturated rings. The van der Waals surface area contributed by atoms with Crippen LogP contribution in [0.3, 0.4) is 0 Å². The number of likely N-dealkylation sites (N-methyl/N-ethyl adjacent to an activating group) is 2. The van der Waals surface area contributed by atoms with E-state index in [1.165, 1.54) is 31.4 Å². The first kappa shape index (κ1) is 70.5. The first-order valence-electron chi connectivity index (χ1n) is 31.1. The number of hydrogen-bond acceptors (Lipinski definition) is 15. The van der Waals surface area contributed by atoms with E-state index in [2.05, 4.69) is 21.5 Å². The lowest BCUT2D eigenvalue weighted by molar-refractivity contribution is -0.200. The third-order valence-corrected chi connectivity index (χ3v) is 17.8. The van der Waals surface area contributed by atoms with Crippen molar-refractivity contribution in [2.45, 2.75) is 200 Å². The summed E-state index contributed by atoms with van der Waals surface area (Å²) in [4.78, 5) is 146. The average molecular weight is 1210 g/mol. The van der Waals surface area contributed by atoms with E-state index in [0.717, 1.165) is 23.3 Å². The van der Waals surface area contributed by atoms with Crippen LogP contribution in [0.25, 0.3) is 0 Å². The minimum Gasteiger partial charge on any atom is -0.462 e. The second-order valence-electron chi connectivity index (χ2n) is 24.7. The van der Waals surface area contributed by atoms with Crippen molar-refractivity contribution in [3.63, 3.8) is 0 Å². The molecule has 1 aliphatic carbocycles. The molecule has 9 amide bonds. The molecule has 3 heterocycles. The highest BCUT2D eigenvalue weighted by Crippen LogP contribution is 2.53. The van der Waals surface area contributed by atoms with Gasteiger partial charge in [0, 0.05) is 71.8 Å². The Kier molecular flexibility index (Phi) is 27.2. The van der Waals surface area contributed by atoms with E-state index in [-0.39, 0.29) is 90.8 Å². The SMILES string of the molecule is CC[C@H](C)[C@@H]([C@@H](CC(=O)N1CCC[C@H]1[C@H](OC)[C@@H](C)C(=O)N[C@@]1(C(=O)N2CCCCO2)C[C@@H]1c1ccccc1)OC)N(C)C(=O)[C@@H](NC(=O)[C@H](C(C)C)N(C)CCCC(=O)O[C@H](C)[C@H](C)C(=O)NNC(=O)CCCCCN1C(=O)C=CC1=O)C(C)C. The van der Waals surface area contributed by atoms with Gasteiger partial charge in [0.2, 0.25) is 35.4 Å². The minimum absolute atomic E-state index is 0.00226.